The maximum absolute atomic E-state index is 15.5. The molecule has 0 spiro atoms. The van der Waals surface area contributed by atoms with Crippen molar-refractivity contribution < 1.29 is 48.7 Å². The Morgan fingerprint density at radius 3 is 2.45 bits per heavy atom. The van der Waals surface area contributed by atoms with Crippen LogP contribution in [0.1, 0.15) is 52.6 Å². The number of fused-ring (bicyclic) bond motifs is 4. The van der Waals surface area contributed by atoms with Crippen molar-refractivity contribution in [3.63, 3.8) is 0 Å². The smallest absolute Gasteiger partial charge is 0.377 e. The van der Waals surface area contributed by atoms with Crippen molar-refractivity contribution in [1.82, 2.24) is 39.6 Å². The predicted octanol–water partition coefficient (Wildman–Crippen LogP) is 6.90. The second kappa shape index (κ2) is 14.0. The van der Waals surface area contributed by atoms with Gasteiger partial charge in [0, 0.05) is 47.5 Å². The summed E-state index contributed by atoms with van der Waals surface area (Å²) in [5.41, 5.74) is -1.24. The van der Waals surface area contributed by atoms with Crippen LogP contribution in [0.2, 0.25) is 5.02 Å². The molecule has 4 aromatic heterocycles. The van der Waals surface area contributed by atoms with Gasteiger partial charge in [-0.1, -0.05) is 23.7 Å². The number of carbonyl (C=O) groups excluding carboxylic acids is 1. The number of benzene rings is 2. The van der Waals surface area contributed by atoms with E-state index in [1.54, 1.807) is 35.3 Å². The molecule has 1 saturated carbocycles. The first-order valence-corrected chi connectivity index (χ1v) is 20.6. The number of pyridine rings is 1. The van der Waals surface area contributed by atoms with Gasteiger partial charge in [-0.05, 0) is 48.6 Å². The molecule has 1 amide bonds. The van der Waals surface area contributed by atoms with E-state index in [0.717, 1.165) is 18.4 Å². The van der Waals surface area contributed by atoms with Crippen LogP contribution >= 0.6 is 11.6 Å². The molecule has 314 valence electrons. The van der Waals surface area contributed by atoms with Crippen molar-refractivity contribution in [2.75, 3.05) is 24.2 Å². The van der Waals surface area contributed by atoms with Crippen LogP contribution in [-0.4, -0.2) is 68.1 Å². The van der Waals surface area contributed by atoms with Gasteiger partial charge in [-0.25, -0.2) is 22.2 Å². The molecule has 3 atom stereocenters. The maximum Gasteiger partial charge on any atom is 0.435 e. The van der Waals surface area contributed by atoms with Crippen LogP contribution in [0, 0.1) is 17.6 Å². The lowest BCUT2D eigenvalue weighted by Crippen LogP contribution is -2.35. The third kappa shape index (κ3) is 7.04. The highest BCUT2D eigenvalue weighted by Gasteiger charge is 2.68. The molecular formula is C38H31ClF7N9O4S. The van der Waals surface area contributed by atoms with Crippen molar-refractivity contribution in [3.8, 4) is 22.4 Å². The molecule has 0 bridgehead atoms. The van der Waals surface area contributed by atoms with Crippen molar-refractivity contribution in [3.05, 3.63) is 99.7 Å². The van der Waals surface area contributed by atoms with Crippen LogP contribution in [0.4, 0.5) is 36.6 Å². The number of halogens is 8. The quantitative estimate of drug-likeness (QED) is 0.134. The van der Waals surface area contributed by atoms with Gasteiger partial charge < -0.3 is 10.1 Å². The number of rotatable bonds is 11. The topological polar surface area (TPSA) is 151 Å². The van der Waals surface area contributed by atoms with E-state index >= 15 is 8.78 Å². The molecule has 60 heavy (non-hydrogen) atoms. The Labute approximate surface area is 340 Å². The summed E-state index contributed by atoms with van der Waals surface area (Å²) in [5, 5.41) is 15.2. The van der Waals surface area contributed by atoms with Crippen molar-refractivity contribution in [2.24, 2.45) is 13.0 Å². The number of anilines is 1. The Morgan fingerprint density at radius 1 is 1.07 bits per heavy atom. The van der Waals surface area contributed by atoms with E-state index in [1.165, 1.54) is 17.8 Å². The number of nitrogens with zero attached hydrogens (tertiary/aromatic N) is 7. The minimum absolute atomic E-state index is 0.0288. The first kappa shape index (κ1) is 39.9. The second-order valence-electron chi connectivity index (χ2n) is 15.1. The Kier molecular flexibility index (Phi) is 9.32. The van der Waals surface area contributed by atoms with Crippen LogP contribution in [-0.2, 0) is 51.7 Å². The van der Waals surface area contributed by atoms with Gasteiger partial charge in [0.2, 0.25) is 15.9 Å². The largest absolute Gasteiger partial charge is 0.435 e. The van der Waals surface area contributed by atoms with Gasteiger partial charge >= 0.3 is 6.18 Å². The Hall–Kier alpha value is -5.54. The first-order valence-electron chi connectivity index (χ1n) is 18.3. The number of amides is 1. The van der Waals surface area contributed by atoms with E-state index in [1.807, 2.05) is 0 Å². The predicted molar refractivity (Wildman–Crippen MR) is 201 cm³/mol. The SMILES string of the molecule is Cn1nc(NS(C)(=O)=O)c2c(Cl)ccc(-c3ccc(-c4cnn(C5COC5)c4)nc3[C@H](Cc3cc(F)cc(F)c3)NC(=O)Cn3nc(C(F)(F)F)c4c3C(F)(F)C3C[C@H]43)c21. The fourth-order valence-electron chi connectivity index (χ4n) is 8.17. The lowest BCUT2D eigenvalue weighted by molar-refractivity contribution is -0.142. The minimum atomic E-state index is -5.07. The molecule has 0 radical (unpaired) electrons. The Bertz CT molecular complexity index is 2840. The highest BCUT2D eigenvalue weighted by Crippen LogP contribution is 2.68. The standard InChI is InChI=1S/C38H31ClF7N9O4S/c1-53-33-23(3-5-26(39)31(33)36(51-53)52-60(2,57)58)22-4-6-27(18-12-47-54(13-18)21-15-59-16-21)49-32(22)28(9-17-7-19(40)10-20(41)8-17)48-29(56)14-55-35-30(34(50-55)38(44,45)46)24-11-25(24)37(35,42)43/h3-8,10,12-13,21,24-25,28H,9,11,14-16H2,1-2H3,(H,48,56)(H,51,52)/t24-,25?,28-/m0/s1. The van der Waals surface area contributed by atoms with Gasteiger partial charge in [0.25, 0.3) is 5.92 Å². The third-order valence-corrected chi connectivity index (χ3v) is 11.7. The maximum atomic E-state index is 15.5. The summed E-state index contributed by atoms with van der Waals surface area (Å²) in [7, 11) is -2.32. The van der Waals surface area contributed by atoms with Crippen LogP contribution in [0.3, 0.4) is 0 Å². The summed E-state index contributed by atoms with van der Waals surface area (Å²) < 4.78 is 138. The molecule has 1 unspecified atom stereocenters. The van der Waals surface area contributed by atoms with E-state index in [9.17, 15) is 35.2 Å². The second-order valence-corrected chi connectivity index (χ2v) is 17.3. The third-order valence-electron chi connectivity index (χ3n) is 10.8. The van der Waals surface area contributed by atoms with Gasteiger partial charge in [-0.15, -0.1) is 0 Å². The van der Waals surface area contributed by atoms with E-state index in [-0.39, 0.29) is 51.9 Å². The molecule has 2 aromatic carbocycles. The van der Waals surface area contributed by atoms with Gasteiger partial charge in [0.1, 0.15) is 23.9 Å². The molecular weight excluding hydrogens is 847 g/mol. The van der Waals surface area contributed by atoms with E-state index in [4.69, 9.17) is 21.3 Å². The molecule has 6 aromatic rings. The van der Waals surface area contributed by atoms with E-state index in [2.05, 4.69) is 25.3 Å². The molecule has 2 aliphatic carbocycles. The lowest BCUT2D eigenvalue weighted by atomic mass is 9.93. The molecule has 13 nitrogen and oxygen atoms in total. The zero-order chi connectivity index (χ0) is 42.6. The van der Waals surface area contributed by atoms with Gasteiger partial charge in [0.05, 0.1) is 65.1 Å². The van der Waals surface area contributed by atoms with Crippen LogP contribution in [0.5, 0.6) is 0 Å². The molecule has 1 saturated heterocycles. The molecule has 3 aliphatic rings. The normalized spacial score (nSPS) is 18.9. The number of hydrogen-bond acceptors (Lipinski definition) is 8. The minimum Gasteiger partial charge on any atom is -0.377 e. The number of hydrogen-bond donors (Lipinski definition) is 2. The first-order chi connectivity index (χ1) is 28.3. The molecule has 2 fully saturated rings. The lowest BCUT2D eigenvalue weighted by Gasteiger charge is -2.26. The number of sulfonamides is 1. The summed E-state index contributed by atoms with van der Waals surface area (Å²) >= 11 is 6.62. The molecule has 1 aliphatic heterocycles. The number of carbonyl (C=O) groups is 1. The number of ether oxygens (including phenoxy) is 1. The Morgan fingerprint density at radius 2 is 1.78 bits per heavy atom. The molecule has 5 heterocycles. The van der Waals surface area contributed by atoms with Crippen molar-refractivity contribution in [1.29, 1.82) is 0 Å². The fourth-order valence-corrected chi connectivity index (χ4v) is 8.90. The number of nitrogens with one attached hydrogen (secondary N) is 2. The molecule has 9 rings (SSSR count). The van der Waals surface area contributed by atoms with E-state index in [0.29, 0.717) is 46.3 Å². The van der Waals surface area contributed by atoms with Crippen molar-refractivity contribution >= 4 is 44.3 Å². The summed E-state index contributed by atoms with van der Waals surface area (Å²) in [6.45, 7) is -0.205. The summed E-state index contributed by atoms with van der Waals surface area (Å²) in [5.74, 6) is -9.13. The number of alkyl halides is 5. The zero-order valence-corrected chi connectivity index (χ0v) is 32.8. The summed E-state index contributed by atoms with van der Waals surface area (Å²) in [6, 6.07) is 7.64. The average molecular weight is 878 g/mol. The molecule has 2 N–H and O–H groups in total. The number of aryl methyl sites for hydroxylation is 1. The number of aromatic nitrogens is 7. The summed E-state index contributed by atoms with van der Waals surface area (Å²) in [4.78, 5) is 19.0. The van der Waals surface area contributed by atoms with Crippen LogP contribution < -0.4 is 10.0 Å². The fraction of sp³-hybridized carbons (Fsp3) is 0.342. The van der Waals surface area contributed by atoms with Crippen LogP contribution in [0.25, 0.3) is 33.3 Å². The highest BCUT2D eigenvalue weighted by atomic mass is 35.5. The van der Waals surface area contributed by atoms with Crippen LogP contribution in [0.15, 0.2) is 54.9 Å². The Balaban J connectivity index is 1.19. The van der Waals surface area contributed by atoms with E-state index < -0.39 is 81.0 Å². The zero-order valence-electron chi connectivity index (χ0n) is 31.2. The highest BCUT2D eigenvalue weighted by molar-refractivity contribution is 7.92. The van der Waals surface area contributed by atoms with Gasteiger partial charge in [-0.3, -0.25) is 23.6 Å². The van der Waals surface area contributed by atoms with Gasteiger partial charge in [0.15, 0.2) is 11.5 Å². The van der Waals surface area contributed by atoms with Crippen molar-refractivity contribution in [2.45, 2.75) is 49.5 Å². The molecule has 22 heteroatoms. The monoisotopic (exact) mass is 877 g/mol. The van der Waals surface area contributed by atoms with Gasteiger partial charge in [-0.2, -0.15) is 37.2 Å². The summed E-state index contributed by atoms with van der Waals surface area (Å²) in [6.07, 6.45) is -1.39. The average Bonchev–Trinajstić information content (AvgIpc) is 3.34.